The molecule has 1 fully saturated rings. The minimum absolute atomic E-state index is 0.0206. The first-order valence-corrected chi connectivity index (χ1v) is 10.4. The lowest BCUT2D eigenvalue weighted by Crippen LogP contribution is -2.58. The third-order valence-corrected chi connectivity index (χ3v) is 6.84. The average Bonchev–Trinajstić information content (AvgIpc) is 3.30. The predicted octanol–water partition coefficient (Wildman–Crippen LogP) is 1.07. The lowest BCUT2D eigenvalue weighted by Gasteiger charge is -2.33. The molecule has 1 unspecified atom stereocenters. The average molecular weight is 417 g/mol. The van der Waals surface area contributed by atoms with Crippen molar-refractivity contribution >= 4 is 15.9 Å². The molecule has 0 bridgehead atoms. The standard InChI is InChI=1S/C18H19N5O5S/c1-11-16(12(2)27-21-11)29(25,26)23-9-8-19-18(24)14(23)10-15-20-17(22-28-15)13-6-4-3-5-7-13/h3-7,14H,8-10H2,1-2H3,(H,19,24). The second-order valence-electron chi connectivity index (χ2n) is 6.66. The summed E-state index contributed by atoms with van der Waals surface area (Å²) in [7, 11) is -4.00. The Morgan fingerprint density at radius 2 is 1.93 bits per heavy atom. The van der Waals surface area contributed by atoms with E-state index < -0.39 is 22.0 Å². The molecule has 1 aromatic carbocycles. The van der Waals surface area contributed by atoms with Gasteiger partial charge in [0.25, 0.3) is 0 Å². The van der Waals surface area contributed by atoms with Crippen LogP contribution in [-0.2, 0) is 21.2 Å². The van der Waals surface area contributed by atoms with E-state index >= 15 is 0 Å². The fourth-order valence-corrected chi connectivity index (χ4v) is 5.23. The number of carbonyl (C=O) groups is 1. The number of nitrogens with zero attached hydrogens (tertiary/aromatic N) is 4. The van der Waals surface area contributed by atoms with Gasteiger partial charge in [-0.25, -0.2) is 8.42 Å². The second kappa shape index (κ2) is 7.41. The fourth-order valence-electron chi connectivity index (χ4n) is 3.34. The Hall–Kier alpha value is -3.05. The zero-order valence-corrected chi connectivity index (χ0v) is 16.6. The second-order valence-corrected chi connectivity index (χ2v) is 8.49. The topological polar surface area (TPSA) is 131 Å². The predicted molar refractivity (Wildman–Crippen MR) is 100 cm³/mol. The van der Waals surface area contributed by atoms with E-state index in [0.717, 1.165) is 9.87 Å². The number of carbonyl (C=O) groups excluding carboxylic acids is 1. The van der Waals surface area contributed by atoms with Gasteiger partial charge in [0.05, 0.1) is 6.42 Å². The van der Waals surface area contributed by atoms with Gasteiger partial charge >= 0.3 is 0 Å². The van der Waals surface area contributed by atoms with Gasteiger partial charge in [-0.05, 0) is 13.8 Å². The highest BCUT2D eigenvalue weighted by Gasteiger charge is 2.42. The lowest BCUT2D eigenvalue weighted by molar-refractivity contribution is -0.126. The van der Waals surface area contributed by atoms with Gasteiger partial charge in [0.2, 0.25) is 27.6 Å². The van der Waals surface area contributed by atoms with Crippen molar-refractivity contribution in [2.75, 3.05) is 13.1 Å². The third-order valence-electron chi connectivity index (χ3n) is 4.68. The van der Waals surface area contributed by atoms with Gasteiger partial charge in [0.15, 0.2) is 5.76 Å². The largest absolute Gasteiger partial charge is 0.360 e. The van der Waals surface area contributed by atoms with E-state index in [1.165, 1.54) is 6.92 Å². The number of aryl methyl sites for hydroxylation is 2. The van der Waals surface area contributed by atoms with Crippen molar-refractivity contribution < 1.29 is 22.3 Å². The molecule has 3 heterocycles. The van der Waals surface area contributed by atoms with Crippen molar-refractivity contribution in [1.29, 1.82) is 0 Å². The minimum atomic E-state index is -4.00. The summed E-state index contributed by atoms with van der Waals surface area (Å²) in [5, 5.41) is 10.3. The van der Waals surface area contributed by atoms with E-state index in [0.29, 0.717) is 5.82 Å². The summed E-state index contributed by atoms with van der Waals surface area (Å²) in [6.07, 6.45) is -0.0473. The van der Waals surface area contributed by atoms with Crippen molar-refractivity contribution in [2.45, 2.75) is 31.2 Å². The molecule has 2 aromatic heterocycles. The molecule has 0 saturated carbocycles. The van der Waals surface area contributed by atoms with Crippen LogP contribution in [0.4, 0.5) is 0 Å². The maximum Gasteiger partial charge on any atom is 0.249 e. The smallest absolute Gasteiger partial charge is 0.249 e. The highest BCUT2D eigenvalue weighted by Crippen LogP contribution is 2.27. The molecule has 11 heteroatoms. The molecule has 1 aliphatic heterocycles. The van der Waals surface area contributed by atoms with E-state index in [-0.39, 0.29) is 41.8 Å². The molecule has 0 aliphatic carbocycles. The van der Waals surface area contributed by atoms with Gasteiger partial charge in [-0.1, -0.05) is 40.6 Å². The molecule has 152 valence electrons. The van der Waals surface area contributed by atoms with E-state index in [2.05, 4.69) is 20.6 Å². The number of nitrogens with one attached hydrogen (secondary N) is 1. The molecule has 1 aliphatic rings. The Labute approximate surface area is 166 Å². The summed E-state index contributed by atoms with van der Waals surface area (Å²) >= 11 is 0. The Morgan fingerprint density at radius 1 is 1.17 bits per heavy atom. The van der Waals surface area contributed by atoms with Gasteiger partial charge in [-0.15, -0.1) is 0 Å². The van der Waals surface area contributed by atoms with Crippen LogP contribution in [0.1, 0.15) is 17.3 Å². The molecule has 10 nitrogen and oxygen atoms in total. The van der Waals surface area contributed by atoms with Crippen molar-refractivity contribution in [3.05, 3.63) is 47.7 Å². The monoisotopic (exact) mass is 417 g/mol. The molecule has 0 spiro atoms. The summed E-state index contributed by atoms with van der Waals surface area (Å²) < 4.78 is 37.9. The summed E-state index contributed by atoms with van der Waals surface area (Å²) in [4.78, 5) is 16.8. The summed E-state index contributed by atoms with van der Waals surface area (Å²) in [6.45, 7) is 3.39. The van der Waals surface area contributed by atoms with Gasteiger partial charge in [0, 0.05) is 18.7 Å². The summed E-state index contributed by atoms with van der Waals surface area (Å²) in [5.74, 6) is 0.296. The minimum Gasteiger partial charge on any atom is -0.360 e. The first kappa shape index (κ1) is 19.3. The van der Waals surface area contributed by atoms with Gasteiger partial charge < -0.3 is 14.4 Å². The van der Waals surface area contributed by atoms with Crippen molar-refractivity contribution in [3.8, 4) is 11.4 Å². The molecule has 3 aromatic rings. The fraction of sp³-hybridized carbons (Fsp3) is 0.333. The van der Waals surface area contributed by atoms with Crippen LogP contribution >= 0.6 is 0 Å². The molecular weight excluding hydrogens is 398 g/mol. The normalized spacial score (nSPS) is 18.0. The third kappa shape index (κ3) is 3.54. The van der Waals surface area contributed by atoms with E-state index in [1.54, 1.807) is 6.92 Å². The van der Waals surface area contributed by atoms with Gasteiger partial charge in [0.1, 0.15) is 16.6 Å². The number of piperazine rings is 1. The molecule has 4 rings (SSSR count). The highest BCUT2D eigenvalue weighted by molar-refractivity contribution is 7.89. The number of hydrogen-bond acceptors (Lipinski definition) is 8. The Morgan fingerprint density at radius 3 is 2.62 bits per heavy atom. The first-order valence-electron chi connectivity index (χ1n) is 8.98. The van der Waals surface area contributed by atoms with Crippen LogP contribution in [0.3, 0.4) is 0 Å². The van der Waals surface area contributed by atoms with Crippen LogP contribution in [0.15, 0.2) is 44.3 Å². The zero-order chi connectivity index (χ0) is 20.6. The van der Waals surface area contributed by atoms with E-state index in [9.17, 15) is 13.2 Å². The Bertz CT molecular complexity index is 1120. The molecule has 1 N–H and O–H groups in total. The van der Waals surface area contributed by atoms with Crippen LogP contribution in [0.25, 0.3) is 11.4 Å². The van der Waals surface area contributed by atoms with Crippen LogP contribution in [0, 0.1) is 13.8 Å². The highest BCUT2D eigenvalue weighted by atomic mass is 32.2. The van der Waals surface area contributed by atoms with Crippen LogP contribution < -0.4 is 5.32 Å². The molecule has 1 saturated heterocycles. The van der Waals surface area contributed by atoms with E-state index in [4.69, 9.17) is 9.05 Å². The van der Waals surface area contributed by atoms with E-state index in [1.807, 2.05) is 30.3 Å². The maximum absolute atomic E-state index is 13.2. The summed E-state index contributed by atoms with van der Waals surface area (Å²) in [6, 6.07) is 8.20. The molecule has 1 amide bonds. The molecule has 29 heavy (non-hydrogen) atoms. The van der Waals surface area contributed by atoms with Gasteiger partial charge in [-0.3, -0.25) is 4.79 Å². The number of rotatable bonds is 5. The quantitative estimate of drug-likeness (QED) is 0.652. The lowest BCUT2D eigenvalue weighted by atomic mass is 10.1. The number of hydrogen-bond donors (Lipinski definition) is 1. The van der Waals surface area contributed by atoms with Crippen LogP contribution in [0.5, 0.6) is 0 Å². The van der Waals surface area contributed by atoms with Crippen molar-refractivity contribution in [3.63, 3.8) is 0 Å². The van der Waals surface area contributed by atoms with Crippen molar-refractivity contribution in [2.24, 2.45) is 0 Å². The Kier molecular flexibility index (Phi) is 4.92. The van der Waals surface area contributed by atoms with Crippen LogP contribution in [-0.4, -0.2) is 53.1 Å². The molecule has 0 radical (unpaired) electrons. The SMILES string of the molecule is Cc1noc(C)c1S(=O)(=O)N1CCNC(=O)C1Cc1nc(-c2ccccc2)no1. The van der Waals surface area contributed by atoms with Gasteiger partial charge in [-0.2, -0.15) is 9.29 Å². The molecular formula is C18H19N5O5S. The van der Waals surface area contributed by atoms with Crippen LogP contribution in [0.2, 0.25) is 0 Å². The van der Waals surface area contributed by atoms with Crippen molar-refractivity contribution in [1.82, 2.24) is 24.9 Å². The number of aromatic nitrogens is 3. The maximum atomic E-state index is 13.2. The zero-order valence-electron chi connectivity index (χ0n) is 15.8. The summed E-state index contributed by atoms with van der Waals surface area (Å²) in [5.41, 5.74) is 1.01. The first-order chi connectivity index (χ1) is 13.9. The Balaban J connectivity index is 1.64. The number of sulfonamides is 1. The molecule has 1 atom stereocenters. The number of benzene rings is 1. The number of amides is 1.